The molecule has 1 aromatic heterocycles. The number of aryl methyl sites for hydroxylation is 1. The molecule has 0 amide bonds. The summed E-state index contributed by atoms with van der Waals surface area (Å²) in [6, 6.07) is 7.56. The zero-order valence-corrected chi connectivity index (χ0v) is 10.8. The molecule has 0 aliphatic carbocycles. The third-order valence-electron chi connectivity index (χ3n) is 2.46. The molecule has 0 unspecified atom stereocenters. The van der Waals surface area contributed by atoms with Crippen LogP contribution in [0.3, 0.4) is 0 Å². The number of aromatic amines is 1. The van der Waals surface area contributed by atoms with Crippen molar-refractivity contribution in [1.82, 2.24) is 9.97 Å². The molecule has 0 aliphatic rings. The first-order valence-corrected chi connectivity index (χ1v) is 5.99. The van der Waals surface area contributed by atoms with Crippen LogP contribution in [0.5, 0.6) is 0 Å². The number of aromatic nitrogens is 2. The SMILES string of the molecule is CCc1[nH]c(-c2ccccc2Br)nc1C(=O)O. The number of carboxylic acids is 1. The van der Waals surface area contributed by atoms with Gasteiger partial charge in [0.2, 0.25) is 0 Å². The number of hydrogen-bond acceptors (Lipinski definition) is 2. The highest BCUT2D eigenvalue weighted by Crippen LogP contribution is 2.26. The van der Waals surface area contributed by atoms with Gasteiger partial charge in [-0.05, 0) is 12.5 Å². The van der Waals surface area contributed by atoms with Gasteiger partial charge < -0.3 is 10.1 Å². The first-order chi connectivity index (χ1) is 8.13. The summed E-state index contributed by atoms with van der Waals surface area (Å²) in [5, 5.41) is 9.03. The molecule has 1 heterocycles. The van der Waals surface area contributed by atoms with Crippen LogP contribution in [0.2, 0.25) is 0 Å². The lowest BCUT2D eigenvalue weighted by Crippen LogP contribution is -2.00. The molecule has 0 saturated carbocycles. The van der Waals surface area contributed by atoms with Gasteiger partial charge in [0.05, 0.1) is 0 Å². The van der Waals surface area contributed by atoms with Crippen molar-refractivity contribution < 1.29 is 9.90 Å². The van der Waals surface area contributed by atoms with Gasteiger partial charge in [0, 0.05) is 15.7 Å². The van der Waals surface area contributed by atoms with Crippen LogP contribution in [0.15, 0.2) is 28.7 Å². The van der Waals surface area contributed by atoms with E-state index in [1.54, 1.807) is 0 Å². The number of benzene rings is 1. The molecule has 1 aromatic carbocycles. The molecule has 17 heavy (non-hydrogen) atoms. The van der Waals surface area contributed by atoms with Crippen LogP contribution in [-0.4, -0.2) is 21.0 Å². The number of halogens is 1. The van der Waals surface area contributed by atoms with E-state index in [1.165, 1.54) is 0 Å². The maximum atomic E-state index is 11.0. The number of nitrogens with zero attached hydrogens (tertiary/aromatic N) is 1. The number of imidazole rings is 1. The van der Waals surface area contributed by atoms with Crippen molar-refractivity contribution in [3.8, 4) is 11.4 Å². The van der Waals surface area contributed by atoms with Crippen molar-refractivity contribution in [2.45, 2.75) is 13.3 Å². The van der Waals surface area contributed by atoms with Crippen molar-refractivity contribution in [2.75, 3.05) is 0 Å². The highest BCUT2D eigenvalue weighted by Gasteiger charge is 2.16. The second-order valence-electron chi connectivity index (χ2n) is 3.55. The highest BCUT2D eigenvalue weighted by atomic mass is 79.9. The molecule has 0 aliphatic heterocycles. The van der Waals surface area contributed by atoms with Crippen molar-refractivity contribution in [3.63, 3.8) is 0 Å². The van der Waals surface area contributed by atoms with E-state index in [-0.39, 0.29) is 5.69 Å². The molecule has 0 fully saturated rings. The summed E-state index contributed by atoms with van der Waals surface area (Å²) in [6.07, 6.45) is 0.610. The number of rotatable bonds is 3. The number of nitrogens with one attached hydrogen (secondary N) is 1. The number of carbonyl (C=O) groups is 1. The van der Waals surface area contributed by atoms with Crippen LogP contribution in [-0.2, 0) is 6.42 Å². The van der Waals surface area contributed by atoms with E-state index in [0.29, 0.717) is 17.9 Å². The Kier molecular flexibility index (Phi) is 3.28. The Hall–Kier alpha value is -1.62. The van der Waals surface area contributed by atoms with E-state index in [0.717, 1.165) is 10.0 Å². The number of H-pyrrole nitrogens is 1. The van der Waals surface area contributed by atoms with Crippen molar-refractivity contribution in [2.24, 2.45) is 0 Å². The molecule has 5 heteroatoms. The lowest BCUT2D eigenvalue weighted by atomic mass is 10.2. The molecular weight excluding hydrogens is 284 g/mol. The van der Waals surface area contributed by atoms with Crippen molar-refractivity contribution in [1.29, 1.82) is 0 Å². The smallest absolute Gasteiger partial charge is 0.356 e. The van der Waals surface area contributed by atoms with E-state index in [4.69, 9.17) is 5.11 Å². The molecule has 88 valence electrons. The summed E-state index contributed by atoms with van der Waals surface area (Å²) >= 11 is 3.42. The lowest BCUT2D eigenvalue weighted by molar-refractivity contribution is 0.0690. The maximum Gasteiger partial charge on any atom is 0.356 e. The molecular formula is C12H11BrN2O2. The maximum absolute atomic E-state index is 11.0. The molecule has 0 bridgehead atoms. The van der Waals surface area contributed by atoms with Gasteiger partial charge in [-0.15, -0.1) is 0 Å². The van der Waals surface area contributed by atoms with Gasteiger partial charge in [0.25, 0.3) is 0 Å². The number of aromatic carboxylic acids is 1. The van der Waals surface area contributed by atoms with Crippen LogP contribution in [0.25, 0.3) is 11.4 Å². The molecule has 0 radical (unpaired) electrons. The van der Waals surface area contributed by atoms with Gasteiger partial charge in [-0.1, -0.05) is 41.1 Å². The Balaban J connectivity index is 2.54. The van der Waals surface area contributed by atoms with E-state index in [2.05, 4.69) is 25.9 Å². The number of carboxylic acid groups (broad SMARTS) is 1. The predicted octanol–water partition coefficient (Wildman–Crippen LogP) is 3.10. The predicted molar refractivity (Wildman–Crippen MR) is 68.1 cm³/mol. The van der Waals surface area contributed by atoms with Crippen LogP contribution >= 0.6 is 15.9 Å². The average Bonchev–Trinajstić information content (AvgIpc) is 2.73. The van der Waals surface area contributed by atoms with Gasteiger partial charge in [-0.3, -0.25) is 0 Å². The van der Waals surface area contributed by atoms with E-state index in [9.17, 15) is 4.79 Å². The van der Waals surface area contributed by atoms with Gasteiger partial charge in [-0.25, -0.2) is 9.78 Å². The molecule has 4 nitrogen and oxygen atoms in total. The number of hydrogen-bond donors (Lipinski definition) is 2. The topological polar surface area (TPSA) is 66.0 Å². The zero-order chi connectivity index (χ0) is 12.4. The Morgan fingerprint density at radius 3 is 2.71 bits per heavy atom. The first-order valence-electron chi connectivity index (χ1n) is 5.20. The molecule has 2 aromatic rings. The van der Waals surface area contributed by atoms with Crippen molar-refractivity contribution >= 4 is 21.9 Å². The van der Waals surface area contributed by atoms with E-state index < -0.39 is 5.97 Å². The van der Waals surface area contributed by atoms with Crippen molar-refractivity contribution in [3.05, 3.63) is 40.1 Å². The summed E-state index contributed by atoms with van der Waals surface area (Å²) in [5.74, 6) is -0.428. The summed E-state index contributed by atoms with van der Waals surface area (Å²) in [6.45, 7) is 1.89. The molecule has 2 rings (SSSR count). The Bertz CT molecular complexity index is 563. The van der Waals surface area contributed by atoms with E-state index in [1.807, 2.05) is 31.2 Å². The van der Waals surface area contributed by atoms with Crippen LogP contribution in [0, 0.1) is 0 Å². The van der Waals surface area contributed by atoms with Gasteiger partial charge in [0.15, 0.2) is 5.69 Å². The average molecular weight is 295 g/mol. The first kappa shape index (κ1) is 11.9. The largest absolute Gasteiger partial charge is 0.476 e. The van der Waals surface area contributed by atoms with Crippen LogP contribution in [0.4, 0.5) is 0 Å². The minimum atomic E-state index is -1.00. The van der Waals surface area contributed by atoms with Gasteiger partial charge in [0.1, 0.15) is 5.82 Å². The van der Waals surface area contributed by atoms with Crippen LogP contribution < -0.4 is 0 Å². The molecule has 0 saturated heterocycles. The minimum Gasteiger partial charge on any atom is -0.476 e. The fourth-order valence-corrected chi connectivity index (χ4v) is 2.10. The Labute approximate surface area is 107 Å². The summed E-state index contributed by atoms with van der Waals surface area (Å²) in [5.41, 5.74) is 1.59. The summed E-state index contributed by atoms with van der Waals surface area (Å²) < 4.78 is 0.883. The van der Waals surface area contributed by atoms with Crippen LogP contribution in [0.1, 0.15) is 23.1 Å². The third kappa shape index (κ3) is 2.24. The fraction of sp³-hybridized carbons (Fsp3) is 0.167. The second-order valence-corrected chi connectivity index (χ2v) is 4.41. The van der Waals surface area contributed by atoms with E-state index >= 15 is 0 Å². The lowest BCUT2D eigenvalue weighted by Gasteiger charge is -1.99. The Morgan fingerprint density at radius 1 is 1.47 bits per heavy atom. The Morgan fingerprint density at radius 2 is 2.18 bits per heavy atom. The molecule has 0 spiro atoms. The molecule has 0 atom stereocenters. The standard InChI is InChI=1S/C12H11BrN2O2/c1-2-9-10(12(16)17)15-11(14-9)7-5-3-4-6-8(7)13/h3-6H,2H2,1H3,(H,14,15)(H,16,17). The third-order valence-corrected chi connectivity index (χ3v) is 3.16. The highest BCUT2D eigenvalue weighted by molar-refractivity contribution is 9.10. The van der Waals surface area contributed by atoms with Gasteiger partial charge in [-0.2, -0.15) is 0 Å². The normalized spacial score (nSPS) is 10.5. The summed E-state index contributed by atoms with van der Waals surface area (Å²) in [4.78, 5) is 18.2. The fourth-order valence-electron chi connectivity index (χ4n) is 1.62. The summed E-state index contributed by atoms with van der Waals surface area (Å²) in [7, 11) is 0. The molecule has 2 N–H and O–H groups in total. The zero-order valence-electron chi connectivity index (χ0n) is 9.20. The quantitative estimate of drug-likeness (QED) is 0.914. The van der Waals surface area contributed by atoms with Gasteiger partial charge >= 0.3 is 5.97 Å². The monoisotopic (exact) mass is 294 g/mol. The minimum absolute atomic E-state index is 0.0956. The second kappa shape index (κ2) is 4.71.